The summed E-state index contributed by atoms with van der Waals surface area (Å²) in [6.45, 7) is 2.32. The summed E-state index contributed by atoms with van der Waals surface area (Å²) >= 11 is 5.90. The normalized spacial score (nSPS) is 15.7. The van der Waals surface area contributed by atoms with E-state index >= 15 is 0 Å². The molecule has 2 heterocycles. The molecule has 0 atom stereocenters. The molecule has 27 heavy (non-hydrogen) atoms. The van der Waals surface area contributed by atoms with Crippen LogP contribution in [0.1, 0.15) is 24.6 Å². The lowest BCUT2D eigenvalue weighted by atomic mass is 10.2. The van der Waals surface area contributed by atoms with Gasteiger partial charge in [0.15, 0.2) is 0 Å². The van der Waals surface area contributed by atoms with Crippen LogP contribution in [0.5, 0.6) is 0 Å². The minimum absolute atomic E-state index is 0.0603. The number of nitrogens with one attached hydrogen (secondary N) is 2. The average Bonchev–Trinajstić information content (AvgIpc) is 3.09. The minimum Gasteiger partial charge on any atom is -0.378 e. The lowest BCUT2D eigenvalue weighted by Gasteiger charge is -2.08. The molecule has 0 spiro atoms. The minimum atomic E-state index is -0.491. The molecule has 0 radical (unpaired) electrons. The Balaban J connectivity index is 2.05. The predicted octanol–water partition coefficient (Wildman–Crippen LogP) is 2.27. The van der Waals surface area contributed by atoms with E-state index < -0.39 is 11.9 Å². The molecule has 1 fully saturated rings. The van der Waals surface area contributed by atoms with Crippen molar-refractivity contribution in [2.75, 3.05) is 13.7 Å². The molecular weight excluding hydrogens is 372 g/mol. The molecule has 2 aromatic rings. The summed E-state index contributed by atoms with van der Waals surface area (Å²) in [4.78, 5) is 38.4. The first-order valence-electron chi connectivity index (χ1n) is 8.39. The van der Waals surface area contributed by atoms with Crippen molar-refractivity contribution >= 4 is 29.6 Å². The third kappa shape index (κ3) is 3.67. The number of imide groups is 1. The van der Waals surface area contributed by atoms with Gasteiger partial charge in [-0.25, -0.2) is 9.48 Å². The number of methoxy groups -OCH3 is 1. The maximum atomic E-state index is 12.9. The highest BCUT2D eigenvalue weighted by atomic mass is 35.5. The third-order valence-corrected chi connectivity index (χ3v) is 4.33. The van der Waals surface area contributed by atoms with Crippen molar-refractivity contribution < 1.29 is 14.3 Å². The molecule has 1 aromatic heterocycles. The van der Waals surface area contributed by atoms with Crippen LogP contribution in [-0.2, 0) is 16.1 Å². The van der Waals surface area contributed by atoms with Gasteiger partial charge in [-0.2, -0.15) is 0 Å². The first kappa shape index (κ1) is 18.9. The number of urea groups is 1. The van der Waals surface area contributed by atoms with Crippen LogP contribution in [0.4, 0.5) is 4.79 Å². The highest BCUT2D eigenvalue weighted by Gasteiger charge is 2.33. The molecule has 0 bridgehead atoms. The van der Waals surface area contributed by atoms with E-state index in [0.717, 1.165) is 4.90 Å². The predicted molar refractivity (Wildman–Crippen MR) is 101 cm³/mol. The first-order valence-corrected chi connectivity index (χ1v) is 8.77. The van der Waals surface area contributed by atoms with Crippen LogP contribution in [-0.4, -0.2) is 40.3 Å². The Bertz CT molecular complexity index is 959. The van der Waals surface area contributed by atoms with Crippen LogP contribution in [0.3, 0.4) is 0 Å². The summed E-state index contributed by atoms with van der Waals surface area (Å²) in [5, 5.41) is 6.04. The Labute approximate surface area is 160 Å². The molecular formula is C18H19ClN4O4. The van der Waals surface area contributed by atoms with Gasteiger partial charge in [0.1, 0.15) is 5.70 Å². The molecule has 3 rings (SSSR count). The zero-order chi connectivity index (χ0) is 19.6. The highest BCUT2D eigenvalue weighted by Crippen LogP contribution is 2.17. The van der Waals surface area contributed by atoms with Crippen molar-refractivity contribution in [3.63, 3.8) is 0 Å². The summed E-state index contributed by atoms with van der Waals surface area (Å²) in [6.07, 6.45) is 2.03. The van der Waals surface area contributed by atoms with Crippen LogP contribution >= 0.6 is 11.6 Å². The fourth-order valence-electron chi connectivity index (χ4n) is 2.81. The Morgan fingerprint density at radius 1 is 1.19 bits per heavy atom. The number of carbonyl (C=O) groups excluding carboxylic acids is 2. The number of aromatic amines is 1. The molecule has 1 aliphatic rings. The molecule has 3 amide bonds. The number of H-pyrrole nitrogens is 1. The molecule has 9 heteroatoms. The number of ether oxygens (including phenoxy) is 1. The summed E-state index contributed by atoms with van der Waals surface area (Å²) in [5.74, 6) is -0.455. The van der Waals surface area contributed by atoms with Crippen LogP contribution < -0.4 is 10.9 Å². The molecule has 1 aliphatic heterocycles. The van der Waals surface area contributed by atoms with Gasteiger partial charge in [0.25, 0.3) is 11.5 Å². The quantitative estimate of drug-likeness (QED) is 0.584. The van der Waals surface area contributed by atoms with Crippen molar-refractivity contribution in [3.05, 3.63) is 56.6 Å². The van der Waals surface area contributed by atoms with Gasteiger partial charge in [0.05, 0.1) is 23.6 Å². The van der Waals surface area contributed by atoms with Crippen LogP contribution in [0.2, 0.25) is 5.02 Å². The second-order valence-electron chi connectivity index (χ2n) is 6.00. The van der Waals surface area contributed by atoms with Gasteiger partial charge in [-0.15, -0.1) is 0 Å². The number of nitrogens with zero attached hydrogens (tertiary/aromatic N) is 2. The Kier molecular flexibility index (Phi) is 5.48. The molecule has 0 aliphatic carbocycles. The molecule has 0 saturated carbocycles. The molecule has 0 unspecified atom stereocenters. The maximum absolute atomic E-state index is 12.9. The Morgan fingerprint density at radius 3 is 2.52 bits per heavy atom. The van der Waals surface area contributed by atoms with Gasteiger partial charge < -0.3 is 10.1 Å². The van der Waals surface area contributed by atoms with E-state index in [1.54, 1.807) is 24.3 Å². The Morgan fingerprint density at radius 2 is 1.89 bits per heavy atom. The SMILES string of the molecule is CCCN1C(=O)N/C(=C\c2c(COC)[nH]n(-c3ccc(Cl)cc3)c2=O)C1=O. The lowest BCUT2D eigenvalue weighted by molar-refractivity contribution is -0.122. The van der Waals surface area contributed by atoms with Crippen LogP contribution in [0, 0.1) is 0 Å². The topological polar surface area (TPSA) is 96.4 Å². The van der Waals surface area contributed by atoms with Gasteiger partial charge in [-0.05, 0) is 36.8 Å². The van der Waals surface area contributed by atoms with Gasteiger partial charge in [-0.1, -0.05) is 18.5 Å². The Hall–Kier alpha value is -2.84. The van der Waals surface area contributed by atoms with Crippen molar-refractivity contribution in [1.29, 1.82) is 0 Å². The third-order valence-electron chi connectivity index (χ3n) is 4.08. The monoisotopic (exact) mass is 390 g/mol. The number of hydrogen-bond acceptors (Lipinski definition) is 4. The fraction of sp³-hybridized carbons (Fsp3) is 0.278. The van der Waals surface area contributed by atoms with Crippen LogP contribution in [0.15, 0.2) is 34.8 Å². The number of halogens is 1. The summed E-state index contributed by atoms with van der Waals surface area (Å²) < 4.78 is 6.48. The van der Waals surface area contributed by atoms with E-state index in [2.05, 4.69) is 10.4 Å². The largest absolute Gasteiger partial charge is 0.378 e. The number of hydrogen-bond donors (Lipinski definition) is 2. The highest BCUT2D eigenvalue weighted by molar-refractivity contribution is 6.30. The second-order valence-corrected chi connectivity index (χ2v) is 6.44. The average molecular weight is 391 g/mol. The van der Waals surface area contributed by atoms with E-state index in [0.29, 0.717) is 29.4 Å². The van der Waals surface area contributed by atoms with Crippen molar-refractivity contribution in [2.45, 2.75) is 20.0 Å². The van der Waals surface area contributed by atoms with Crippen molar-refractivity contribution in [2.24, 2.45) is 0 Å². The van der Waals surface area contributed by atoms with Crippen molar-refractivity contribution in [3.8, 4) is 5.69 Å². The standard InChI is InChI=1S/C18H19ClN4O4/c1-3-8-22-17(25)14(20-18(22)26)9-13-15(10-27-2)21-23(16(13)24)12-6-4-11(19)5-7-12/h4-7,9,21H,3,8,10H2,1-2H3,(H,20,26)/b14-9-. The zero-order valence-corrected chi connectivity index (χ0v) is 15.7. The van der Waals surface area contributed by atoms with Gasteiger partial charge in [0, 0.05) is 18.7 Å². The van der Waals surface area contributed by atoms with Crippen LogP contribution in [0.25, 0.3) is 11.8 Å². The number of amides is 3. The molecule has 2 N–H and O–H groups in total. The van der Waals surface area contributed by atoms with E-state index in [1.165, 1.54) is 17.9 Å². The smallest absolute Gasteiger partial charge is 0.329 e. The van der Waals surface area contributed by atoms with Gasteiger partial charge >= 0.3 is 6.03 Å². The fourth-order valence-corrected chi connectivity index (χ4v) is 2.94. The second kappa shape index (κ2) is 7.81. The maximum Gasteiger partial charge on any atom is 0.329 e. The first-order chi connectivity index (χ1) is 13.0. The molecule has 8 nitrogen and oxygen atoms in total. The lowest BCUT2D eigenvalue weighted by Crippen LogP contribution is -2.31. The summed E-state index contributed by atoms with van der Waals surface area (Å²) in [7, 11) is 1.50. The molecule has 142 valence electrons. The summed E-state index contributed by atoms with van der Waals surface area (Å²) in [6, 6.07) is 6.23. The van der Waals surface area contributed by atoms with E-state index in [4.69, 9.17) is 16.3 Å². The van der Waals surface area contributed by atoms with Crippen molar-refractivity contribution in [1.82, 2.24) is 20.0 Å². The summed E-state index contributed by atoms with van der Waals surface area (Å²) in [5.41, 5.74) is 1.01. The van der Waals surface area contributed by atoms with E-state index in [1.807, 2.05) is 6.92 Å². The number of benzene rings is 1. The number of aromatic nitrogens is 2. The van der Waals surface area contributed by atoms with Gasteiger partial charge in [-0.3, -0.25) is 19.6 Å². The zero-order valence-electron chi connectivity index (χ0n) is 14.9. The molecule has 1 saturated heterocycles. The van der Waals surface area contributed by atoms with Gasteiger partial charge in [0.2, 0.25) is 0 Å². The molecule has 1 aromatic carbocycles. The number of carbonyl (C=O) groups is 2. The number of rotatable bonds is 6. The van der Waals surface area contributed by atoms with E-state index in [-0.39, 0.29) is 23.4 Å². The van der Waals surface area contributed by atoms with E-state index in [9.17, 15) is 14.4 Å².